The Kier molecular flexibility index (Phi) is 3.71. The summed E-state index contributed by atoms with van der Waals surface area (Å²) in [5.41, 5.74) is 0.793. The zero-order chi connectivity index (χ0) is 8.77. The number of rotatable bonds is 1. The number of hydrogen-bond acceptors (Lipinski definition) is 1. The monoisotopic (exact) mass is 204 g/mol. The first-order chi connectivity index (χ1) is 5.62. The van der Waals surface area contributed by atoms with Crippen LogP contribution < -0.4 is 51.4 Å². The fourth-order valence-electron chi connectivity index (χ4n) is 1.41. The van der Waals surface area contributed by atoms with Crippen molar-refractivity contribution < 1.29 is 60.9 Å². The van der Waals surface area contributed by atoms with Crippen LogP contribution in [0.3, 0.4) is 0 Å². The van der Waals surface area contributed by atoms with Gasteiger partial charge in [0.05, 0.1) is 0 Å². The standard InChI is InChI=1S/C10H10FO.K/c1-7-2-3-8(11)6-9(7)10(12)4-5-10;/h3,6,12H,4-5H2,1H3;/q-1;+1. The van der Waals surface area contributed by atoms with Crippen LogP contribution in [0.2, 0.25) is 0 Å². The Balaban J connectivity index is 0.000000845. The average Bonchev–Trinajstić information content (AvgIpc) is 2.75. The topological polar surface area (TPSA) is 20.2 Å². The Morgan fingerprint density at radius 2 is 2.15 bits per heavy atom. The minimum atomic E-state index is -0.747. The zero-order valence-corrected chi connectivity index (χ0v) is 11.0. The van der Waals surface area contributed by atoms with Crippen LogP contribution in [0.4, 0.5) is 4.39 Å². The van der Waals surface area contributed by atoms with E-state index in [4.69, 9.17) is 0 Å². The van der Waals surface area contributed by atoms with Crippen LogP contribution in [0, 0.1) is 18.8 Å². The van der Waals surface area contributed by atoms with Crippen molar-refractivity contribution in [3.63, 3.8) is 0 Å². The van der Waals surface area contributed by atoms with Crippen LogP contribution in [0.1, 0.15) is 24.0 Å². The summed E-state index contributed by atoms with van der Waals surface area (Å²) in [5.74, 6) is -0.323. The number of halogens is 1. The van der Waals surface area contributed by atoms with Crippen molar-refractivity contribution in [3.8, 4) is 0 Å². The molecule has 0 heterocycles. The molecule has 1 aromatic rings. The first-order valence-corrected chi connectivity index (χ1v) is 4.02. The molecule has 0 atom stereocenters. The summed E-state index contributed by atoms with van der Waals surface area (Å²) in [6, 6.07) is 5.48. The van der Waals surface area contributed by atoms with Gasteiger partial charge in [0.25, 0.3) is 0 Å². The number of aliphatic hydroxyl groups is 1. The van der Waals surface area contributed by atoms with E-state index in [-0.39, 0.29) is 57.2 Å². The molecule has 0 spiro atoms. The normalized spacial score (nSPS) is 17.8. The molecule has 0 aromatic heterocycles. The van der Waals surface area contributed by atoms with Crippen molar-refractivity contribution in [2.24, 2.45) is 0 Å². The molecule has 0 aliphatic heterocycles. The van der Waals surface area contributed by atoms with Crippen molar-refractivity contribution in [1.29, 1.82) is 0 Å². The van der Waals surface area contributed by atoms with Crippen molar-refractivity contribution in [3.05, 3.63) is 35.1 Å². The van der Waals surface area contributed by atoms with Gasteiger partial charge in [0.15, 0.2) is 0 Å². The molecule has 2 rings (SSSR count). The molecule has 0 radical (unpaired) electrons. The van der Waals surface area contributed by atoms with Gasteiger partial charge in [0, 0.05) is 11.4 Å². The quantitative estimate of drug-likeness (QED) is 0.456. The molecule has 1 aliphatic carbocycles. The SMILES string of the molecule is Cc1[c-]cc(F)cc1C1(O)CC1.[K+]. The number of hydrogen-bond donors (Lipinski definition) is 1. The van der Waals surface area contributed by atoms with Gasteiger partial charge in [-0.15, -0.1) is 17.7 Å². The number of benzene rings is 1. The summed E-state index contributed by atoms with van der Waals surface area (Å²) < 4.78 is 12.8. The van der Waals surface area contributed by atoms with Gasteiger partial charge in [-0.1, -0.05) is 6.92 Å². The Labute approximate surface area is 120 Å². The molecule has 1 aromatic carbocycles. The molecule has 3 heteroatoms. The van der Waals surface area contributed by atoms with Gasteiger partial charge in [-0.2, -0.15) is 11.6 Å². The van der Waals surface area contributed by atoms with Crippen LogP contribution in [0.25, 0.3) is 0 Å². The van der Waals surface area contributed by atoms with Crippen LogP contribution in [0.15, 0.2) is 12.1 Å². The van der Waals surface area contributed by atoms with E-state index in [1.807, 2.05) is 6.92 Å². The summed E-state index contributed by atoms with van der Waals surface area (Å²) >= 11 is 0. The second-order valence-corrected chi connectivity index (χ2v) is 3.39. The molecular formula is C10H10FKO. The third-order valence-corrected chi connectivity index (χ3v) is 2.34. The Morgan fingerprint density at radius 1 is 1.54 bits per heavy atom. The molecule has 0 saturated heterocycles. The van der Waals surface area contributed by atoms with Crippen LogP contribution in [-0.2, 0) is 5.60 Å². The Hall–Kier alpha value is 0.746. The zero-order valence-electron chi connectivity index (χ0n) is 7.89. The Bertz CT molecular complexity index is 321. The van der Waals surface area contributed by atoms with E-state index in [0.717, 1.165) is 18.4 Å². The first kappa shape index (κ1) is 11.8. The average molecular weight is 204 g/mol. The van der Waals surface area contributed by atoms with Crippen LogP contribution in [-0.4, -0.2) is 5.11 Å². The molecule has 1 N–H and O–H groups in total. The maximum absolute atomic E-state index is 12.8. The van der Waals surface area contributed by atoms with Gasteiger partial charge < -0.3 is 5.11 Å². The molecule has 1 aliphatic rings. The molecule has 0 unspecified atom stereocenters. The second-order valence-electron chi connectivity index (χ2n) is 3.39. The van der Waals surface area contributed by atoms with Gasteiger partial charge in [-0.25, -0.2) is 0 Å². The molecule has 1 fully saturated rings. The van der Waals surface area contributed by atoms with E-state index >= 15 is 0 Å². The van der Waals surface area contributed by atoms with Gasteiger partial charge in [0.2, 0.25) is 0 Å². The van der Waals surface area contributed by atoms with E-state index in [9.17, 15) is 9.50 Å². The second kappa shape index (κ2) is 4.09. The van der Waals surface area contributed by atoms with E-state index in [2.05, 4.69) is 6.07 Å². The largest absolute Gasteiger partial charge is 1.00 e. The third kappa shape index (κ3) is 2.40. The van der Waals surface area contributed by atoms with Crippen molar-refractivity contribution in [1.82, 2.24) is 0 Å². The molecule has 0 amide bonds. The van der Waals surface area contributed by atoms with E-state index in [0.29, 0.717) is 5.56 Å². The molecule has 13 heavy (non-hydrogen) atoms. The summed E-state index contributed by atoms with van der Waals surface area (Å²) in [4.78, 5) is 0. The summed E-state index contributed by atoms with van der Waals surface area (Å²) in [6.45, 7) is 1.84. The molecule has 64 valence electrons. The van der Waals surface area contributed by atoms with Crippen molar-refractivity contribution in [2.75, 3.05) is 0 Å². The molecule has 1 saturated carbocycles. The maximum Gasteiger partial charge on any atom is 1.00 e. The third-order valence-electron chi connectivity index (χ3n) is 2.34. The van der Waals surface area contributed by atoms with Crippen molar-refractivity contribution >= 4 is 0 Å². The van der Waals surface area contributed by atoms with Gasteiger partial charge in [-0.3, -0.25) is 4.39 Å². The Morgan fingerprint density at radius 3 is 2.69 bits per heavy atom. The number of aryl methyl sites for hydroxylation is 1. The molecule has 0 bridgehead atoms. The summed E-state index contributed by atoms with van der Waals surface area (Å²) in [6.07, 6.45) is 1.48. The van der Waals surface area contributed by atoms with E-state index in [1.54, 1.807) is 0 Å². The van der Waals surface area contributed by atoms with E-state index in [1.165, 1.54) is 12.1 Å². The van der Waals surface area contributed by atoms with Gasteiger partial charge >= 0.3 is 51.4 Å². The molecule has 1 nitrogen and oxygen atoms in total. The predicted molar refractivity (Wildman–Crippen MR) is 43.1 cm³/mol. The maximum atomic E-state index is 12.8. The van der Waals surface area contributed by atoms with Gasteiger partial charge in [0.1, 0.15) is 0 Å². The fraction of sp³-hybridized carbons (Fsp3) is 0.400. The van der Waals surface area contributed by atoms with Gasteiger partial charge in [-0.05, 0) is 12.8 Å². The minimum absolute atomic E-state index is 0. The minimum Gasteiger partial charge on any atom is -0.398 e. The van der Waals surface area contributed by atoms with Crippen LogP contribution in [0.5, 0.6) is 0 Å². The molecular weight excluding hydrogens is 194 g/mol. The summed E-state index contributed by atoms with van der Waals surface area (Å²) in [7, 11) is 0. The predicted octanol–water partition coefficient (Wildman–Crippen LogP) is -1.08. The first-order valence-electron chi connectivity index (χ1n) is 4.02. The van der Waals surface area contributed by atoms with Crippen LogP contribution >= 0.6 is 0 Å². The van der Waals surface area contributed by atoms with E-state index < -0.39 is 5.60 Å². The van der Waals surface area contributed by atoms with Crippen molar-refractivity contribution in [2.45, 2.75) is 25.4 Å². The smallest absolute Gasteiger partial charge is 0.398 e. The fourth-order valence-corrected chi connectivity index (χ4v) is 1.41. The summed E-state index contributed by atoms with van der Waals surface area (Å²) in [5, 5.41) is 9.72.